The fraction of sp³-hybridized carbons (Fsp3) is 0.375. The molecule has 4 aromatic rings. The van der Waals surface area contributed by atoms with Gasteiger partial charge >= 0.3 is 11.9 Å². The molecule has 280 valence electrons. The topological polar surface area (TPSA) is 165 Å². The molecule has 1 fully saturated rings. The number of nitrogens with one attached hydrogen (secondary N) is 1. The number of benzene rings is 3. The molecule has 1 unspecified atom stereocenters. The van der Waals surface area contributed by atoms with E-state index in [2.05, 4.69) is 46.4 Å². The molecule has 3 aromatic carbocycles. The minimum atomic E-state index is -1.64. The summed E-state index contributed by atoms with van der Waals surface area (Å²) in [6.45, 7) is 5.32. The highest BCUT2D eigenvalue weighted by atomic mass is 35.5. The zero-order chi connectivity index (χ0) is 37.5. The third-order valence-corrected chi connectivity index (χ3v) is 10.4. The highest BCUT2D eigenvalue weighted by molar-refractivity contribution is 6.32. The number of nitrogens with zero attached hydrogens (tertiary/aromatic N) is 3. The van der Waals surface area contributed by atoms with Crippen molar-refractivity contribution in [3.05, 3.63) is 106 Å². The number of β-amino-alcohol motifs (C(OH)–C–C–N with tert-alkyl or cyclic N) is 1. The lowest BCUT2D eigenvalue weighted by Gasteiger charge is -2.23. The number of halogens is 1. The Bertz CT molecular complexity index is 1930. The predicted octanol–water partition coefficient (Wildman–Crippen LogP) is 4.68. The van der Waals surface area contributed by atoms with Crippen molar-refractivity contribution < 1.29 is 39.5 Å². The molecule has 2 aliphatic rings. The summed E-state index contributed by atoms with van der Waals surface area (Å²) in [7, 11) is 0. The Morgan fingerprint density at radius 1 is 0.981 bits per heavy atom. The first-order valence-corrected chi connectivity index (χ1v) is 18.1. The number of rotatable bonds is 17. The molecule has 6 rings (SSSR count). The molecule has 0 spiro atoms. The van der Waals surface area contributed by atoms with Gasteiger partial charge in [0.25, 0.3) is 0 Å². The van der Waals surface area contributed by atoms with Gasteiger partial charge < -0.3 is 34.8 Å². The van der Waals surface area contributed by atoms with Crippen molar-refractivity contribution in [2.24, 2.45) is 0 Å². The number of ether oxygens (including phenoxy) is 2. The minimum absolute atomic E-state index is 0.0927. The lowest BCUT2D eigenvalue weighted by Crippen LogP contribution is -2.41. The lowest BCUT2D eigenvalue weighted by atomic mass is 9.92. The molecule has 0 amide bonds. The Hall–Kier alpha value is -4.72. The monoisotopic (exact) mass is 744 g/mol. The van der Waals surface area contributed by atoms with Crippen molar-refractivity contribution in [1.29, 1.82) is 0 Å². The molecule has 5 N–H and O–H groups in total. The van der Waals surface area contributed by atoms with Crippen LogP contribution in [-0.2, 0) is 35.8 Å². The normalized spacial score (nSPS) is 17.5. The molecule has 1 aromatic heterocycles. The number of fused-ring (bicyclic) bond motifs is 1. The predicted molar refractivity (Wildman–Crippen MR) is 200 cm³/mol. The van der Waals surface area contributed by atoms with Gasteiger partial charge in [0, 0.05) is 74.4 Å². The van der Waals surface area contributed by atoms with E-state index < -0.39 is 30.2 Å². The zero-order valence-corrected chi connectivity index (χ0v) is 30.4. The number of carbonyl (C=O) groups is 2. The molecule has 0 saturated carbocycles. The first kappa shape index (κ1) is 38.0. The number of likely N-dealkylation sites (tertiary alicyclic amines) is 1. The molecule has 3 heterocycles. The van der Waals surface area contributed by atoms with Gasteiger partial charge in [-0.1, -0.05) is 48.0 Å². The number of carboxylic acid groups (broad SMARTS) is 2. The molecule has 0 aliphatic carbocycles. The standard InChI is InChI=1S/C40H45ClN4O8/c1-26-28(24-53-37-19-36(52-23-27-6-4-13-42-20-27)29(18-33(37)41)21-43-34(22-46)38(47)48)7-2-8-30(26)31-9-3-10-35-32(31)11-16-45(35)15-5-14-44-17-12-40(51,25-44)39(49)50/h2-4,6-10,13,18-20,34,43,46,51H,5,11-12,14-17,21-25H2,1H3,(H,47,48)(H,49,50)/t34-,40?/m0/s1. The van der Waals surface area contributed by atoms with E-state index in [1.54, 1.807) is 24.5 Å². The average molecular weight is 745 g/mol. The van der Waals surface area contributed by atoms with E-state index in [1.165, 1.54) is 16.8 Å². The van der Waals surface area contributed by atoms with Gasteiger partial charge in [-0.05, 0) is 72.3 Å². The fourth-order valence-corrected chi connectivity index (χ4v) is 7.30. The van der Waals surface area contributed by atoms with Crippen molar-refractivity contribution in [1.82, 2.24) is 15.2 Å². The number of aliphatic carboxylic acids is 2. The maximum Gasteiger partial charge on any atom is 0.337 e. The fourth-order valence-electron chi connectivity index (χ4n) is 7.06. The maximum atomic E-state index is 11.5. The van der Waals surface area contributed by atoms with E-state index in [9.17, 15) is 30.0 Å². The molecule has 53 heavy (non-hydrogen) atoms. The number of carboxylic acids is 2. The summed E-state index contributed by atoms with van der Waals surface area (Å²) in [5.74, 6) is -1.44. The summed E-state index contributed by atoms with van der Waals surface area (Å²) in [6, 6.07) is 18.5. The van der Waals surface area contributed by atoms with Gasteiger partial charge in [-0.3, -0.25) is 20.0 Å². The number of anilines is 1. The summed E-state index contributed by atoms with van der Waals surface area (Å²) < 4.78 is 12.5. The second-order valence-electron chi connectivity index (χ2n) is 13.6. The molecule has 1 saturated heterocycles. The SMILES string of the molecule is Cc1c(COc2cc(OCc3cccnc3)c(CN[C@@H](CO)C(=O)O)cc2Cl)cccc1-c1cccc2c1CCN2CCCN1CCC(O)(C(=O)O)C1. The van der Waals surface area contributed by atoms with Crippen LogP contribution in [0.4, 0.5) is 5.69 Å². The highest BCUT2D eigenvalue weighted by Crippen LogP contribution is 2.39. The third-order valence-electron chi connectivity index (χ3n) is 10.1. The van der Waals surface area contributed by atoms with Crippen LogP contribution < -0.4 is 19.7 Å². The first-order chi connectivity index (χ1) is 25.6. The second kappa shape index (κ2) is 17.0. The van der Waals surface area contributed by atoms with Crippen molar-refractivity contribution in [2.45, 2.75) is 57.6 Å². The van der Waals surface area contributed by atoms with Crippen molar-refractivity contribution in [2.75, 3.05) is 44.2 Å². The van der Waals surface area contributed by atoms with Gasteiger partial charge in [0.2, 0.25) is 0 Å². The van der Waals surface area contributed by atoms with Crippen LogP contribution in [0.1, 0.15) is 40.7 Å². The lowest BCUT2D eigenvalue weighted by molar-refractivity contribution is -0.157. The van der Waals surface area contributed by atoms with Crippen molar-refractivity contribution >= 4 is 29.2 Å². The van der Waals surface area contributed by atoms with Gasteiger partial charge in [-0.25, -0.2) is 4.79 Å². The van der Waals surface area contributed by atoms with E-state index in [0.717, 1.165) is 54.7 Å². The zero-order valence-electron chi connectivity index (χ0n) is 29.6. The van der Waals surface area contributed by atoms with Crippen LogP contribution in [0.25, 0.3) is 11.1 Å². The Morgan fingerprint density at radius 3 is 2.51 bits per heavy atom. The Kier molecular flexibility index (Phi) is 12.2. The summed E-state index contributed by atoms with van der Waals surface area (Å²) in [5, 5.41) is 41.7. The third kappa shape index (κ3) is 8.91. The number of hydrogen-bond donors (Lipinski definition) is 5. The van der Waals surface area contributed by atoms with Gasteiger partial charge in [-0.15, -0.1) is 0 Å². The van der Waals surface area contributed by atoms with E-state index in [0.29, 0.717) is 28.6 Å². The summed E-state index contributed by atoms with van der Waals surface area (Å²) in [6.07, 6.45) is 5.42. The van der Waals surface area contributed by atoms with Crippen LogP contribution in [0.3, 0.4) is 0 Å². The van der Waals surface area contributed by atoms with Crippen LogP contribution >= 0.6 is 11.6 Å². The highest BCUT2D eigenvalue weighted by Gasteiger charge is 2.42. The molecule has 12 nitrogen and oxygen atoms in total. The van der Waals surface area contributed by atoms with Crippen molar-refractivity contribution in [3.8, 4) is 22.6 Å². The maximum absolute atomic E-state index is 11.5. The Labute approximate surface area is 313 Å². The number of pyridine rings is 1. The van der Waals surface area contributed by atoms with Gasteiger partial charge in [0.15, 0.2) is 5.60 Å². The van der Waals surface area contributed by atoms with Crippen LogP contribution in [-0.4, -0.2) is 93.2 Å². The van der Waals surface area contributed by atoms with Crippen LogP contribution in [0.5, 0.6) is 11.5 Å². The summed E-state index contributed by atoms with van der Waals surface area (Å²) in [5.41, 5.74) is 6.71. The van der Waals surface area contributed by atoms with Crippen LogP contribution in [0, 0.1) is 6.92 Å². The number of aromatic nitrogens is 1. The van der Waals surface area contributed by atoms with E-state index in [-0.39, 0.29) is 32.7 Å². The summed E-state index contributed by atoms with van der Waals surface area (Å²) in [4.78, 5) is 31.5. The van der Waals surface area contributed by atoms with E-state index >= 15 is 0 Å². The molecule has 2 atom stereocenters. The van der Waals surface area contributed by atoms with Crippen LogP contribution in [0.15, 0.2) is 73.1 Å². The Balaban J connectivity index is 1.15. The quantitative estimate of drug-likeness (QED) is 0.102. The number of aliphatic hydroxyl groups is 2. The van der Waals surface area contributed by atoms with Crippen molar-refractivity contribution in [3.63, 3.8) is 0 Å². The first-order valence-electron chi connectivity index (χ1n) is 17.7. The van der Waals surface area contributed by atoms with Gasteiger partial charge in [-0.2, -0.15) is 0 Å². The number of hydrogen-bond acceptors (Lipinski definition) is 10. The molecule has 13 heteroatoms. The molecular formula is C40H45ClN4O8. The molecule has 2 aliphatic heterocycles. The van der Waals surface area contributed by atoms with E-state index in [4.69, 9.17) is 21.1 Å². The second-order valence-corrected chi connectivity index (χ2v) is 14.0. The molecule has 0 bridgehead atoms. The largest absolute Gasteiger partial charge is 0.488 e. The van der Waals surface area contributed by atoms with Crippen LogP contribution in [0.2, 0.25) is 5.02 Å². The Morgan fingerprint density at radius 2 is 1.77 bits per heavy atom. The summed E-state index contributed by atoms with van der Waals surface area (Å²) >= 11 is 6.71. The van der Waals surface area contributed by atoms with E-state index in [1.807, 2.05) is 29.2 Å². The number of aliphatic hydroxyl groups excluding tert-OH is 1. The minimum Gasteiger partial charge on any atom is -0.488 e. The van der Waals surface area contributed by atoms with Gasteiger partial charge in [0.05, 0.1) is 11.6 Å². The average Bonchev–Trinajstić information content (AvgIpc) is 3.75. The smallest absolute Gasteiger partial charge is 0.337 e. The molecule has 0 radical (unpaired) electrons. The van der Waals surface area contributed by atoms with Gasteiger partial charge in [0.1, 0.15) is 30.8 Å². The molecular weight excluding hydrogens is 700 g/mol.